The lowest BCUT2D eigenvalue weighted by molar-refractivity contribution is 0.379. The van der Waals surface area contributed by atoms with E-state index in [4.69, 9.17) is 22.9 Å². The lowest BCUT2D eigenvalue weighted by Crippen LogP contribution is -2.40. The maximum absolute atomic E-state index is 5.91. The third-order valence-corrected chi connectivity index (χ3v) is 6.48. The van der Waals surface area contributed by atoms with Gasteiger partial charge in [-0.05, 0) is 56.4 Å². The van der Waals surface area contributed by atoms with Gasteiger partial charge in [0.25, 0.3) is 0 Å². The van der Waals surface area contributed by atoms with Crippen molar-refractivity contribution in [1.29, 1.82) is 0 Å². The fourth-order valence-corrected chi connectivity index (χ4v) is 4.29. The predicted molar refractivity (Wildman–Crippen MR) is 95.4 cm³/mol. The van der Waals surface area contributed by atoms with E-state index >= 15 is 0 Å². The van der Waals surface area contributed by atoms with Crippen molar-refractivity contribution in [3.05, 3.63) is 22.9 Å². The molecule has 1 aromatic heterocycles. The van der Waals surface area contributed by atoms with E-state index in [1.807, 2.05) is 11.8 Å². The van der Waals surface area contributed by atoms with Gasteiger partial charge in [0, 0.05) is 17.0 Å². The zero-order valence-electron chi connectivity index (χ0n) is 12.6. The Balaban J connectivity index is 1.84. The van der Waals surface area contributed by atoms with E-state index in [9.17, 15) is 0 Å². The number of hydrogen-bond donors (Lipinski definition) is 2. The average molecular weight is 322 g/mol. The Morgan fingerprint density at radius 3 is 2.76 bits per heavy atom. The van der Waals surface area contributed by atoms with E-state index in [1.165, 1.54) is 43.4 Å². The summed E-state index contributed by atoms with van der Waals surface area (Å²) < 4.78 is 0.380. The number of thioether (sulfide) groups is 1. The van der Waals surface area contributed by atoms with Crippen molar-refractivity contribution in [2.24, 2.45) is 5.73 Å². The molecule has 0 atom stereocenters. The van der Waals surface area contributed by atoms with E-state index in [1.54, 1.807) is 0 Å². The molecule has 2 aliphatic rings. The summed E-state index contributed by atoms with van der Waals surface area (Å²) in [4.78, 5) is 5.29. The van der Waals surface area contributed by atoms with Crippen molar-refractivity contribution in [1.82, 2.24) is 4.98 Å². The number of fused-ring (bicyclic) bond motifs is 1. The average Bonchev–Trinajstić information content (AvgIpc) is 2.45. The number of thiocarbonyl (C=S) groups is 1. The molecule has 2 aliphatic carbocycles. The number of nitrogens with zero attached hydrogens (tertiary/aromatic N) is 1. The Hall–Kier alpha value is -0.810. The molecule has 0 radical (unpaired) electrons. The van der Waals surface area contributed by atoms with Crippen molar-refractivity contribution >= 4 is 34.8 Å². The Morgan fingerprint density at radius 2 is 2.14 bits per heavy atom. The van der Waals surface area contributed by atoms with Gasteiger partial charge < -0.3 is 11.1 Å². The first kappa shape index (κ1) is 15.1. The molecule has 114 valence electrons. The second-order valence-corrected chi connectivity index (χ2v) is 7.87. The zero-order valence-corrected chi connectivity index (χ0v) is 14.2. The monoisotopic (exact) mass is 321 g/mol. The van der Waals surface area contributed by atoms with Gasteiger partial charge in [0.2, 0.25) is 0 Å². The number of anilines is 1. The predicted octanol–water partition coefficient (Wildman–Crippen LogP) is 3.29. The molecule has 5 heteroatoms. The summed E-state index contributed by atoms with van der Waals surface area (Å²) in [5.74, 6) is 0.892. The minimum Gasteiger partial charge on any atom is -0.389 e. The summed E-state index contributed by atoms with van der Waals surface area (Å²) in [6.45, 7) is 0.954. The molecule has 1 aromatic rings. The third kappa shape index (κ3) is 3.04. The SMILES string of the molecule is CSC1(CNc2nc3c(cc2C(N)=S)CCCC3)CCC1. The highest BCUT2D eigenvalue weighted by Crippen LogP contribution is 2.42. The molecule has 21 heavy (non-hydrogen) atoms. The quantitative estimate of drug-likeness (QED) is 0.815. The molecular formula is C16H23N3S2. The maximum atomic E-state index is 5.91. The molecule has 0 aliphatic heterocycles. The number of pyridine rings is 1. The van der Waals surface area contributed by atoms with Crippen molar-refractivity contribution in [2.45, 2.75) is 49.7 Å². The Morgan fingerprint density at radius 1 is 1.38 bits per heavy atom. The van der Waals surface area contributed by atoms with Crippen LogP contribution < -0.4 is 11.1 Å². The third-order valence-electron chi connectivity index (χ3n) is 4.84. The molecule has 1 fully saturated rings. The lowest BCUT2D eigenvalue weighted by Gasteiger charge is -2.40. The van der Waals surface area contributed by atoms with Gasteiger partial charge in [-0.25, -0.2) is 4.98 Å². The minimum absolute atomic E-state index is 0.380. The molecular weight excluding hydrogens is 298 g/mol. The van der Waals surface area contributed by atoms with Crippen LogP contribution >= 0.6 is 24.0 Å². The first-order valence-corrected chi connectivity index (χ1v) is 9.38. The summed E-state index contributed by atoms with van der Waals surface area (Å²) >= 11 is 7.19. The van der Waals surface area contributed by atoms with E-state index in [2.05, 4.69) is 17.6 Å². The van der Waals surface area contributed by atoms with Gasteiger partial charge in [-0.3, -0.25) is 0 Å². The molecule has 0 saturated heterocycles. The van der Waals surface area contributed by atoms with Crippen LogP contribution in [-0.4, -0.2) is 27.5 Å². The summed E-state index contributed by atoms with van der Waals surface area (Å²) in [5, 5.41) is 3.54. The van der Waals surface area contributed by atoms with Crippen LogP contribution in [0.4, 0.5) is 5.82 Å². The fraction of sp³-hybridized carbons (Fsp3) is 0.625. The van der Waals surface area contributed by atoms with Crippen LogP contribution in [0.5, 0.6) is 0 Å². The number of nitrogens with two attached hydrogens (primary N) is 1. The Bertz CT molecular complexity index is 547. The fourth-order valence-electron chi connectivity index (χ4n) is 3.23. The maximum Gasteiger partial charge on any atom is 0.136 e. The highest BCUT2D eigenvalue weighted by Gasteiger charge is 2.36. The molecule has 3 N–H and O–H groups in total. The van der Waals surface area contributed by atoms with Crippen LogP contribution in [0.1, 0.15) is 48.9 Å². The van der Waals surface area contributed by atoms with Gasteiger partial charge in [-0.2, -0.15) is 11.8 Å². The number of aromatic nitrogens is 1. The molecule has 0 amide bonds. The van der Waals surface area contributed by atoms with E-state index in [-0.39, 0.29) is 0 Å². The smallest absolute Gasteiger partial charge is 0.136 e. The summed E-state index contributed by atoms with van der Waals surface area (Å²) in [5.41, 5.74) is 9.39. The van der Waals surface area contributed by atoms with Crippen LogP contribution in [0, 0.1) is 0 Å². The van der Waals surface area contributed by atoms with Crippen molar-refractivity contribution in [3.8, 4) is 0 Å². The molecule has 3 rings (SSSR count). The summed E-state index contributed by atoms with van der Waals surface area (Å²) in [6.07, 6.45) is 10.8. The van der Waals surface area contributed by atoms with Gasteiger partial charge in [-0.15, -0.1) is 0 Å². The van der Waals surface area contributed by atoms with Crippen LogP contribution in [0.15, 0.2) is 6.07 Å². The molecule has 1 heterocycles. The highest BCUT2D eigenvalue weighted by molar-refractivity contribution is 8.00. The Kier molecular flexibility index (Phi) is 4.41. The number of rotatable bonds is 5. The molecule has 0 unspecified atom stereocenters. The van der Waals surface area contributed by atoms with E-state index < -0.39 is 0 Å². The molecule has 0 spiro atoms. The van der Waals surface area contributed by atoms with Gasteiger partial charge in [-0.1, -0.05) is 18.6 Å². The summed E-state index contributed by atoms with van der Waals surface area (Å²) in [7, 11) is 0. The van der Waals surface area contributed by atoms with Gasteiger partial charge in [0.15, 0.2) is 0 Å². The topological polar surface area (TPSA) is 50.9 Å². The van der Waals surface area contributed by atoms with Crippen LogP contribution in [0.25, 0.3) is 0 Å². The number of hydrogen-bond acceptors (Lipinski definition) is 4. The van der Waals surface area contributed by atoms with E-state index in [0.717, 1.165) is 30.8 Å². The zero-order chi connectivity index (χ0) is 14.9. The molecule has 0 bridgehead atoms. The minimum atomic E-state index is 0.380. The largest absolute Gasteiger partial charge is 0.389 e. The van der Waals surface area contributed by atoms with Gasteiger partial charge >= 0.3 is 0 Å². The van der Waals surface area contributed by atoms with Crippen LogP contribution in [0.3, 0.4) is 0 Å². The first-order chi connectivity index (χ1) is 10.1. The molecule has 0 aromatic carbocycles. The number of nitrogens with one attached hydrogen (secondary N) is 1. The first-order valence-electron chi connectivity index (χ1n) is 7.75. The van der Waals surface area contributed by atoms with Crippen molar-refractivity contribution in [3.63, 3.8) is 0 Å². The standard InChI is InChI=1S/C16H23N3S2/c1-21-16(7-4-8-16)10-18-15-12(14(17)20)9-11-5-2-3-6-13(11)19-15/h9H,2-8,10H2,1H3,(H2,17,20)(H,18,19). The second kappa shape index (κ2) is 6.13. The highest BCUT2D eigenvalue weighted by atomic mass is 32.2. The van der Waals surface area contributed by atoms with Crippen molar-refractivity contribution in [2.75, 3.05) is 18.1 Å². The lowest BCUT2D eigenvalue weighted by atomic mass is 9.84. The summed E-state index contributed by atoms with van der Waals surface area (Å²) in [6, 6.07) is 2.17. The molecule has 1 saturated carbocycles. The van der Waals surface area contributed by atoms with Crippen LogP contribution in [-0.2, 0) is 12.8 Å². The van der Waals surface area contributed by atoms with Gasteiger partial charge in [0.05, 0.1) is 5.56 Å². The normalized spacial score (nSPS) is 19.5. The second-order valence-electron chi connectivity index (χ2n) is 6.16. The van der Waals surface area contributed by atoms with Gasteiger partial charge in [0.1, 0.15) is 10.8 Å². The number of aryl methyl sites for hydroxylation is 2. The van der Waals surface area contributed by atoms with Crippen LogP contribution in [0.2, 0.25) is 0 Å². The van der Waals surface area contributed by atoms with Crippen molar-refractivity contribution < 1.29 is 0 Å². The van der Waals surface area contributed by atoms with E-state index in [0.29, 0.717) is 9.74 Å². The molecule has 3 nitrogen and oxygen atoms in total. The Labute approximate surface area is 136 Å².